The van der Waals surface area contributed by atoms with Crippen LogP contribution in [0.15, 0.2) is 11.9 Å². The van der Waals surface area contributed by atoms with Crippen LogP contribution in [0.25, 0.3) is 0 Å². The van der Waals surface area contributed by atoms with Crippen LogP contribution in [0, 0.1) is 0 Å². The maximum Gasteiger partial charge on any atom is 0.0921 e. The Labute approximate surface area is 67.4 Å². The molecule has 0 heterocycles. The first-order valence-electron chi connectivity index (χ1n) is 3.45. The molecule has 0 aliphatic rings. The van der Waals surface area contributed by atoms with Crippen LogP contribution in [0.1, 0.15) is 20.3 Å². The molecule has 0 spiro atoms. The lowest BCUT2D eigenvalue weighted by Gasteiger charge is -2.08. The highest BCUT2D eigenvalue weighted by molar-refractivity contribution is 6.17. The van der Waals surface area contributed by atoms with Gasteiger partial charge in [0.25, 0.3) is 0 Å². The summed E-state index contributed by atoms with van der Waals surface area (Å²) in [6, 6.07) is 0.395. The fourth-order valence-corrected chi connectivity index (χ4v) is 0.711. The minimum absolute atomic E-state index is 0.395. The minimum atomic E-state index is 0.395. The van der Waals surface area contributed by atoms with E-state index in [1.807, 2.05) is 19.9 Å². The number of rotatable bonds is 4. The molecule has 0 unspecified atom stereocenters. The van der Waals surface area contributed by atoms with Crippen LogP contribution in [0.3, 0.4) is 0 Å². The van der Waals surface area contributed by atoms with Crippen molar-refractivity contribution in [2.24, 2.45) is 5.73 Å². The third-order valence-electron chi connectivity index (χ3n) is 0.929. The van der Waals surface area contributed by atoms with Gasteiger partial charge in [0.15, 0.2) is 0 Å². The normalized spacial score (nSPS) is 12.2. The fourth-order valence-electron chi connectivity index (χ4n) is 0.602. The van der Waals surface area contributed by atoms with E-state index >= 15 is 0 Å². The van der Waals surface area contributed by atoms with E-state index in [0.717, 1.165) is 12.2 Å². The standard InChI is InChI=1S/C7H15ClN2/c1-6(2)10-7(9)4-3-5-8/h4,6,10H,3,5,9H2,1-2H3/b7-4+. The predicted octanol–water partition coefficient (Wildman–Crippen LogP) is 1.41. The van der Waals surface area contributed by atoms with Crippen LogP contribution < -0.4 is 11.1 Å². The Bertz CT molecular complexity index is 110. The average molecular weight is 163 g/mol. The van der Waals surface area contributed by atoms with Gasteiger partial charge in [0.05, 0.1) is 5.82 Å². The molecule has 2 nitrogen and oxygen atoms in total. The smallest absolute Gasteiger partial charge is 0.0921 e. The van der Waals surface area contributed by atoms with Gasteiger partial charge in [0, 0.05) is 11.9 Å². The van der Waals surface area contributed by atoms with Gasteiger partial charge in [-0.2, -0.15) is 0 Å². The zero-order valence-corrected chi connectivity index (χ0v) is 7.28. The van der Waals surface area contributed by atoms with Gasteiger partial charge in [0.2, 0.25) is 0 Å². The van der Waals surface area contributed by atoms with E-state index in [2.05, 4.69) is 5.32 Å². The predicted molar refractivity (Wildman–Crippen MR) is 45.9 cm³/mol. The molecule has 3 N–H and O–H groups in total. The van der Waals surface area contributed by atoms with Crippen molar-refractivity contribution in [2.75, 3.05) is 5.88 Å². The van der Waals surface area contributed by atoms with Gasteiger partial charge in [-0.05, 0) is 26.3 Å². The Morgan fingerprint density at radius 2 is 2.30 bits per heavy atom. The minimum Gasteiger partial charge on any atom is -0.386 e. The number of nitrogens with one attached hydrogen (secondary N) is 1. The molecule has 3 heteroatoms. The van der Waals surface area contributed by atoms with E-state index in [1.54, 1.807) is 0 Å². The highest BCUT2D eigenvalue weighted by Crippen LogP contribution is 1.89. The summed E-state index contributed by atoms with van der Waals surface area (Å²) in [5, 5.41) is 3.06. The molecular weight excluding hydrogens is 148 g/mol. The van der Waals surface area contributed by atoms with Crippen molar-refractivity contribution in [3.05, 3.63) is 11.9 Å². The van der Waals surface area contributed by atoms with Crippen molar-refractivity contribution in [3.8, 4) is 0 Å². The van der Waals surface area contributed by atoms with Crippen molar-refractivity contribution >= 4 is 11.6 Å². The first-order valence-corrected chi connectivity index (χ1v) is 3.98. The van der Waals surface area contributed by atoms with Crippen LogP contribution in [-0.2, 0) is 0 Å². The van der Waals surface area contributed by atoms with Gasteiger partial charge in [-0.15, -0.1) is 11.6 Å². The third-order valence-corrected chi connectivity index (χ3v) is 1.15. The second-order valence-corrected chi connectivity index (χ2v) is 2.81. The fraction of sp³-hybridized carbons (Fsp3) is 0.714. The lowest BCUT2D eigenvalue weighted by Crippen LogP contribution is -2.26. The number of hydrogen-bond donors (Lipinski definition) is 2. The molecule has 0 radical (unpaired) electrons. The van der Waals surface area contributed by atoms with Crippen molar-refractivity contribution in [1.82, 2.24) is 5.32 Å². The molecule has 0 atom stereocenters. The van der Waals surface area contributed by atoms with Gasteiger partial charge < -0.3 is 11.1 Å². The zero-order chi connectivity index (χ0) is 7.98. The van der Waals surface area contributed by atoms with E-state index in [4.69, 9.17) is 17.3 Å². The van der Waals surface area contributed by atoms with Gasteiger partial charge >= 0.3 is 0 Å². The molecule has 0 fully saturated rings. The Hall–Kier alpha value is -0.370. The zero-order valence-electron chi connectivity index (χ0n) is 6.52. The van der Waals surface area contributed by atoms with E-state index in [1.165, 1.54) is 0 Å². The Morgan fingerprint density at radius 1 is 1.70 bits per heavy atom. The summed E-state index contributed by atoms with van der Waals surface area (Å²) in [5.41, 5.74) is 5.55. The molecule has 0 aliphatic heterocycles. The Morgan fingerprint density at radius 3 is 2.70 bits per heavy atom. The van der Waals surface area contributed by atoms with Crippen LogP contribution in [0.2, 0.25) is 0 Å². The van der Waals surface area contributed by atoms with E-state index < -0.39 is 0 Å². The molecule has 60 valence electrons. The summed E-state index contributed by atoms with van der Waals surface area (Å²) in [6.07, 6.45) is 2.72. The second kappa shape index (κ2) is 5.42. The SMILES string of the molecule is CC(C)N/C(N)=C/CCCl. The van der Waals surface area contributed by atoms with Crippen molar-refractivity contribution in [1.29, 1.82) is 0 Å². The van der Waals surface area contributed by atoms with E-state index in [0.29, 0.717) is 11.9 Å². The molecule has 0 rings (SSSR count). The molecule has 0 aliphatic carbocycles. The van der Waals surface area contributed by atoms with Gasteiger partial charge in [-0.25, -0.2) is 0 Å². The lowest BCUT2D eigenvalue weighted by atomic mass is 10.4. The molecule has 0 aromatic heterocycles. The van der Waals surface area contributed by atoms with Gasteiger partial charge in [0.1, 0.15) is 0 Å². The summed E-state index contributed by atoms with van der Waals surface area (Å²) < 4.78 is 0. The maximum atomic E-state index is 5.55. The summed E-state index contributed by atoms with van der Waals surface area (Å²) in [4.78, 5) is 0. The Kier molecular flexibility index (Phi) is 5.22. The second-order valence-electron chi connectivity index (χ2n) is 2.44. The van der Waals surface area contributed by atoms with Crippen molar-refractivity contribution < 1.29 is 0 Å². The molecule has 0 aromatic carbocycles. The molecule has 0 bridgehead atoms. The number of nitrogens with two attached hydrogens (primary N) is 1. The van der Waals surface area contributed by atoms with Crippen LogP contribution in [-0.4, -0.2) is 11.9 Å². The maximum absolute atomic E-state index is 5.55. The van der Waals surface area contributed by atoms with Gasteiger partial charge in [-0.3, -0.25) is 0 Å². The molecule has 0 amide bonds. The van der Waals surface area contributed by atoms with Crippen molar-refractivity contribution in [3.63, 3.8) is 0 Å². The summed E-state index contributed by atoms with van der Waals surface area (Å²) >= 11 is 5.45. The number of alkyl halides is 1. The Balaban J connectivity index is 3.49. The molecular formula is C7H15ClN2. The largest absolute Gasteiger partial charge is 0.386 e. The van der Waals surface area contributed by atoms with Crippen molar-refractivity contribution in [2.45, 2.75) is 26.3 Å². The van der Waals surface area contributed by atoms with Crippen LogP contribution in [0.5, 0.6) is 0 Å². The summed E-state index contributed by atoms with van der Waals surface area (Å²) in [7, 11) is 0. The molecule has 0 saturated heterocycles. The van der Waals surface area contributed by atoms with E-state index in [9.17, 15) is 0 Å². The lowest BCUT2D eigenvalue weighted by molar-refractivity contribution is 0.660. The molecule has 0 saturated carbocycles. The highest BCUT2D eigenvalue weighted by atomic mass is 35.5. The number of halogens is 1. The third kappa shape index (κ3) is 5.76. The summed E-state index contributed by atoms with van der Waals surface area (Å²) in [6.45, 7) is 4.09. The topological polar surface area (TPSA) is 38.0 Å². The average Bonchev–Trinajstić information content (AvgIpc) is 1.82. The number of hydrogen-bond acceptors (Lipinski definition) is 2. The molecule has 0 aromatic rings. The van der Waals surface area contributed by atoms with Crippen LogP contribution in [0.4, 0.5) is 0 Å². The monoisotopic (exact) mass is 162 g/mol. The summed E-state index contributed by atoms with van der Waals surface area (Å²) in [5.74, 6) is 1.34. The van der Waals surface area contributed by atoms with Gasteiger partial charge in [-0.1, -0.05) is 0 Å². The number of allylic oxidation sites excluding steroid dienone is 1. The first-order chi connectivity index (χ1) is 4.66. The quantitative estimate of drug-likeness (QED) is 0.614. The van der Waals surface area contributed by atoms with E-state index in [-0.39, 0.29) is 0 Å². The first kappa shape index (κ1) is 9.63. The van der Waals surface area contributed by atoms with Crippen LogP contribution >= 0.6 is 11.6 Å². The highest BCUT2D eigenvalue weighted by Gasteiger charge is 1.90. The molecule has 10 heavy (non-hydrogen) atoms.